The van der Waals surface area contributed by atoms with Crippen LogP contribution in [0, 0.1) is 6.92 Å². The lowest BCUT2D eigenvalue weighted by molar-refractivity contribution is 0.327. The van der Waals surface area contributed by atoms with Gasteiger partial charge in [-0.3, -0.25) is 4.68 Å². The average Bonchev–Trinajstić information content (AvgIpc) is 3.09. The van der Waals surface area contributed by atoms with Crippen molar-refractivity contribution in [2.45, 2.75) is 58.2 Å². The quantitative estimate of drug-likeness (QED) is 0.907. The molecule has 0 saturated heterocycles. The fourth-order valence-electron chi connectivity index (χ4n) is 2.73. The van der Waals surface area contributed by atoms with Gasteiger partial charge in [0, 0.05) is 12.7 Å². The van der Waals surface area contributed by atoms with Crippen molar-refractivity contribution in [3.8, 4) is 0 Å². The van der Waals surface area contributed by atoms with E-state index in [1.807, 2.05) is 6.92 Å². The molecule has 0 bridgehead atoms. The van der Waals surface area contributed by atoms with Gasteiger partial charge < -0.3 is 9.84 Å². The number of nitrogens with one attached hydrogen (secondary N) is 1. The Morgan fingerprint density at radius 2 is 2.15 bits per heavy atom. The van der Waals surface area contributed by atoms with Crippen LogP contribution in [0.25, 0.3) is 0 Å². The van der Waals surface area contributed by atoms with Crippen LogP contribution in [0.1, 0.15) is 55.6 Å². The summed E-state index contributed by atoms with van der Waals surface area (Å²) in [5, 5.41) is 11.7. The van der Waals surface area contributed by atoms with Crippen molar-refractivity contribution in [3.63, 3.8) is 0 Å². The molecular weight excluding hydrogens is 254 g/mol. The van der Waals surface area contributed by atoms with Crippen LogP contribution in [0.3, 0.4) is 0 Å². The maximum absolute atomic E-state index is 5.05. The van der Waals surface area contributed by atoms with Gasteiger partial charge in [-0.15, -0.1) is 0 Å². The Morgan fingerprint density at radius 1 is 1.30 bits per heavy atom. The van der Waals surface area contributed by atoms with Crippen molar-refractivity contribution in [2.75, 3.05) is 0 Å². The number of aryl methyl sites for hydroxylation is 1. The molecule has 0 radical (unpaired) electrons. The summed E-state index contributed by atoms with van der Waals surface area (Å²) in [4.78, 5) is 4.15. The summed E-state index contributed by atoms with van der Waals surface area (Å²) >= 11 is 0. The van der Waals surface area contributed by atoms with Crippen LogP contribution in [-0.2, 0) is 13.1 Å². The lowest BCUT2D eigenvalue weighted by Gasteiger charge is -2.21. The van der Waals surface area contributed by atoms with Gasteiger partial charge in [0.15, 0.2) is 5.82 Å². The van der Waals surface area contributed by atoms with Gasteiger partial charge in [0.25, 0.3) is 0 Å². The zero-order valence-electron chi connectivity index (χ0n) is 11.9. The minimum atomic E-state index is 0.580. The molecule has 108 valence electrons. The highest BCUT2D eigenvalue weighted by atomic mass is 16.5. The highest BCUT2D eigenvalue weighted by Crippen LogP contribution is 2.27. The minimum Gasteiger partial charge on any atom is -0.338 e. The summed E-state index contributed by atoms with van der Waals surface area (Å²) < 4.78 is 7.19. The Balaban J connectivity index is 1.49. The van der Waals surface area contributed by atoms with E-state index < -0.39 is 0 Å². The number of rotatable bonds is 5. The fourth-order valence-corrected chi connectivity index (χ4v) is 2.73. The molecule has 0 aliphatic heterocycles. The van der Waals surface area contributed by atoms with Crippen LogP contribution in [-0.4, -0.2) is 19.9 Å². The minimum absolute atomic E-state index is 0.580. The maximum Gasteiger partial charge on any atom is 0.240 e. The molecule has 0 unspecified atom stereocenters. The molecule has 1 aliphatic rings. The Bertz CT molecular complexity index is 541. The van der Waals surface area contributed by atoms with Crippen molar-refractivity contribution in [1.82, 2.24) is 25.2 Å². The van der Waals surface area contributed by atoms with E-state index in [0.717, 1.165) is 12.2 Å². The average molecular weight is 275 g/mol. The summed E-state index contributed by atoms with van der Waals surface area (Å²) in [6.45, 7) is 3.12. The smallest absolute Gasteiger partial charge is 0.240 e. The van der Waals surface area contributed by atoms with Crippen LogP contribution in [0.2, 0.25) is 0 Å². The highest BCUT2D eigenvalue weighted by molar-refractivity contribution is 5.00. The fraction of sp³-hybridized carbons (Fsp3) is 0.643. The first-order chi connectivity index (χ1) is 9.81. The third-order valence-corrected chi connectivity index (χ3v) is 3.76. The molecule has 1 fully saturated rings. The van der Waals surface area contributed by atoms with Gasteiger partial charge in [-0.25, -0.2) is 0 Å². The van der Waals surface area contributed by atoms with Gasteiger partial charge in [-0.05, 0) is 25.8 Å². The van der Waals surface area contributed by atoms with E-state index in [4.69, 9.17) is 4.52 Å². The van der Waals surface area contributed by atoms with Crippen molar-refractivity contribution < 1.29 is 4.52 Å². The molecular formula is C14H21N5O. The summed E-state index contributed by atoms with van der Waals surface area (Å²) in [5.74, 6) is 1.29. The van der Waals surface area contributed by atoms with Gasteiger partial charge in [0.05, 0.1) is 18.3 Å². The molecule has 1 N–H and O–H groups in total. The van der Waals surface area contributed by atoms with Gasteiger partial charge in [-0.1, -0.05) is 24.4 Å². The van der Waals surface area contributed by atoms with Crippen LogP contribution < -0.4 is 5.32 Å². The first-order valence-corrected chi connectivity index (χ1v) is 7.35. The van der Waals surface area contributed by atoms with E-state index in [2.05, 4.69) is 37.5 Å². The predicted molar refractivity (Wildman–Crippen MR) is 73.9 cm³/mol. The second kappa shape index (κ2) is 6.17. The van der Waals surface area contributed by atoms with E-state index >= 15 is 0 Å². The van der Waals surface area contributed by atoms with Crippen LogP contribution in [0.15, 0.2) is 16.8 Å². The second-order valence-electron chi connectivity index (χ2n) is 5.42. The molecule has 2 aromatic heterocycles. The topological polar surface area (TPSA) is 68.8 Å². The Labute approximate surface area is 118 Å². The molecule has 1 aliphatic carbocycles. The Morgan fingerprint density at radius 3 is 2.90 bits per heavy atom. The van der Waals surface area contributed by atoms with Crippen LogP contribution >= 0.6 is 0 Å². The van der Waals surface area contributed by atoms with Crippen molar-refractivity contribution in [2.24, 2.45) is 0 Å². The van der Waals surface area contributed by atoms with Crippen molar-refractivity contribution in [1.29, 1.82) is 0 Å². The molecule has 6 nitrogen and oxygen atoms in total. The van der Waals surface area contributed by atoms with Gasteiger partial charge in [0.2, 0.25) is 5.89 Å². The zero-order chi connectivity index (χ0) is 13.8. The zero-order valence-corrected chi connectivity index (χ0v) is 11.9. The van der Waals surface area contributed by atoms with Gasteiger partial charge in [-0.2, -0.15) is 10.1 Å². The van der Waals surface area contributed by atoms with E-state index in [9.17, 15) is 0 Å². The monoisotopic (exact) mass is 275 g/mol. The largest absolute Gasteiger partial charge is 0.338 e. The Hall–Kier alpha value is -1.69. The van der Waals surface area contributed by atoms with Gasteiger partial charge >= 0.3 is 0 Å². The SMILES string of the molecule is Cc1noc(CNCc2ccn(C3CCCCC3)n2)n1. The van der Waals surface area contributed by atoms with E-state index in [1.54, 1.807) is 0 Å². The number of hydrogen-bond donors (Lipinski definition) is 1. The van der Waals surface area contributed by atoms with Crippen LogP contribution in [0.5, 0.6) is 0 Å². The molecule has 1 saturated carbocycles. The second-order valence-corrected chi connectivity index (χ2v) is 5.42. The summed E-state index contributed by atoms with van der Waals surface area (Å²) in [7, 11) is 0. The molecule has 0 atom stereocenters. The first kappa shape index (κ1) is 13.3. The molecule has 2 aromatic rings. The standard InChI is InChI=1S/C14H21N5O/c1-11-16-14(20-18-11)10-15-9-12-7-8-19(17-12)13-5-3-2-4-6-13/h7-8,13,15H,2-6,9-10H2,1H3. The maximum atomic E-state index is 5.05. The molecule has 20 heavy (non-hydrogen) atoms. The number of aromatic nitrogens is 4. The van der Waals surface area contributed by atoms with Crippen molar-refractivity contribution >= 4 is 0 Å². The summed E-state index contributed by atoms with van der Waals surface area (Å²) in [6.07, 6.45) is 8.65. The molecule has 0 spiro atoms. The van der Waals surface area contributed by atoms with Crippen molar-refractivity contribution in [3.05, 3.63) is 29.7 Å². The van der Waals surface area contributed by atoms with Gasteiger partial charge in [0.1, 0.15) is 0 Å². The molecule has 2 heterocycles. The highest BCUT2D eigenvalue weighted by Gasteiger charge is 2.15. The van der Waals surface area contributed by atoms with Crippen LogP contribution in [0.4, 0.5) is 0 Å². The lowest BCUT2D eigenvalue weighted by atomic mass is 9.96. The number of hydrogen-bond acceptors (Lipinski definition) is 5. The number of nitrogens with zero attached hydrogens (tertiary/aromatic N) is 4. The predicted octanol–water partition coefficient (Wildman–Crippen LogP) is 2.37. The van der Waals surface area contributed by atoms with E-state index in [0.29, 0.717) is 24.3 Å². The lowest BCUT2D eigenvalue weighted by Crippen LogP contribution is -2.16. The van der Waals surface area contributed by atoms with E-state index in [1.165, 1.54) is 32.1 Å². The molecule has 0 aromatic carbocycles. The summed E-state index contributed by atoms with van der Waals surface area (Å²) in [5.41, 5.74) is 1.06. The van der Waals surface area contributed by atoms with E-state index in [-0.39, 0.29) is 0 Å². The molecule has 0 amide bonds. The third kappa shape index (κ3) is 3.25. The normalized spacial score (nSPS) is 16.6. The Kier molecular flexibility index (Phi) is 4.11. The first-order valence-electron chi connectivity index (χ1n) is 7.35. The third-order valence-electron chi connectivity index (χ3n) is 3.76. The molecule has 3 rings (SSSR count). The summed E-state index contributed by atoms with van der Waals surface area (Å²) in [6, 6.07) is 2.68. The molecule has 6 heteroatoms.